The van der Waals surface area contributed by atoms with Gasteiger partial charge in [-0.25, -0.2) is 14.2 Å². The lowest BCUT2D eigenvalue weighted by Crippen LogP contribution is -2.50. The molecule has 3 heterocycles. The van der Waals surface area contributed by atoms with Crippen LogP contribution in [0.15, 0.2) is 47.5 Å². The SMILES string of the molecule is CC(C)(C)OC(=O)N1CC=C(c2cc(F)c3c(c2)CC(C(=O)N2CCN(Cc4ccc(C(F)(F)F)cc4)CC2)=N3)CC1. The van der Waals surface area contributed by atoms with E-state index >= 15 is 4.39 Å². The Morgan fingerprint density at radius 3 is 2.24 bits per heavy atom. The Hall–Kier alpha value is -3.73. The average molecular weight is 587 g/mol. The molecule has 0 spiro atoms. The van der Waals surface area contributed by atoms with Crippen LogP contribution in [-0.2, 0) is 28.7 Å². The summed E-state index contributed by atoms with van der Waals surface area (Å²) in [7, 11) is 0. The van der Waals surface area contributed by atoms with Crippen LogP contribution < -0.4 is 0 Å². The number of rotatable bonds is 4. The fourth-order valence-electron chi connectivity index (χ4n) is 5.35. The van der Waals surface area contributed by atoms with Crippen molar-refractivity contribution in [3.8, 4) is 0 Å². The molecule has 7 nitrogen and oxygen atoms in total. The Morgan fingerprint density at radius 1 is 0.952 bits per heavy atom. The lowest BCUT2D eigenvalue weighted by molar-refractivity contribution is -0.137. The second kappa shape index (κ2) is 11.5. The Bertz CT molecular complexity index is 1420. The standard InChI is InChI=1S/C31H34F4N4O3/c1-30(2,3)42-29(41)39-10-8-21(9-11-39)22-16-23-18-26(36-27(23)25(32)17-22)28(40)38-14-12-37(13-15-38)19-20-4-6-24(7-5-20)31(33,34)35/h4-8,16-17H,9-15,18-19H2,1-3H3. The molecule has 5 rings (SSSR count). The number of fused-ring (bicyclic) bond motifs is 1. The van der Waals surface area contributed by atoms with Gasteiger partial charge in [-0.3, -0.25) is 9.69 Å². The molecule has 0 unspecified atom stereocenters. The number of benzene rings is 2. The van der Waals surface area contributed by atoms with Gasteiger partial charge >= 0.3 is 12.3 Å². The van der Waals surface area contributed by atoms with Gasteiger partial charge in [0, 0.05) is 52.2 Å². The third-order valence-corrected chi connectivity index (χ3v) is 7.57. The van der Waals surface area contributed by atoms with Gasteiger partial charge in [0.25, 0.3) is 5.91 Å². The molecule has 0 radical (unpaired) electrons. The first-order valence-corrected chi connectivity index (χ1v) is 14.0. The summed E-state index contributed by atoms with van der Waals surface area (Å²) in [4.78, 5) is 35.4. The van der Waals surface area contributed by atoms with Crippen LogP contribution in [0.5, 0.6) is 0 Å². The maximum Gasteiger partial charge on any atom is 0.416 e. The first-order valence-electron chi connectivity index (χ1n) is 14.0. The number of hydrogen-bond donors (Lipinski definition) is 0. The molecule has 3 aliphatic heterocycles. The predicted molar refractivity (Wildman–Crippen MR) is 151 cm³/mol. The zero-order valence-electron chi connectivity index (χ0n) is 23.9. The number of carbonyl (C=O) groups excluding carboxylic acids is 2. The third-order valence-electron chi connectivity index (χ3n) is 7.57. The van der Waals surface area contributed by atoms with Crippen molar-refractivity contribution in [3.05, 3.63) is 70.5 Å². The molecule has 11 heteroatoms. The Kier molecular flexibility index (Phi) is 8.15. The van der Waals surface area contributed by atoms with Crippen LogP contribution >= 0.6 is 0 Å². The molecule has 0 bridgehead atoms. The Labute approximate surface area is 242 Å². The summed E-state index contributed by atoms with van der Waals surface area (Å²) in [6.45, 7) is 8.81. The molecule has 0 atom stereocenters. The van der Waals surface area contributed by atoms with E-state index in [-0.39, 0.29) is 24.1 Å². The molecular formula is C31H34F4N4O3. The summed E-state index contributed by atoms with van der Waals surface area (Å²) in [6, 6.07) is 8.43. The van der Waals surface area contributed by atoms with Gasteiger partial charge in [0.2, 0.25) is 0 Å². The third kappa shape index (κ3) is 6.83. The topological polar surface area (TPSA) is 65.5 Å². The molecule has 0 aliphatic carbocycles. The summed E-state index contributed by atoms with van der Waals surface area (Å²) in [6.07, 6.45) is -2.05. The second-order valence-corrected chi connectivity index (χ2v) is 11.9. The lowest BCUT2D eigenvalue weighted by atomic mass is 9.96. The summed E-state index contributed by atoms with van der Waals surface area (Å²) in [5, 5.41) is 0. The highest BCUT2D eigenvalue weighted by molar-refractivity contribution is 6.40. The maximum atomic E-state index is 15.1. The van der Waals surface area contributed by atoms with E-state index in [4.69, 9.17) is 4.74 Å². The Morgan fingerprint density at radius 2 is 1.64 bits per heavy atom. The van der Waals surface area contributed by atoms with Gasteiger partial charge in [-0.1, -0.05) is 18.2 Å². The number of piperazine rings is 1. The zero-order chi connectivity index (χ0) is 30.2. The highest BCUT2D eigenvalue weighted by atomic mass is 19.4. The van der Waals surface area contributed by atoms with Gasteiger partial charge in [-0.15, -0.1) is 0 Å². The molecule has 2 aromatic rings. The van der Waals surface area contributed by atoms with Crippen molar-refractivity contribution in [1.29, 1.82) is 0 Å². The second-order valence-electron chi connectivity index (χ2n) is 11.9. The fourth-order valence-corrected chi connectivity index (χ4v) is 5.35. The minimum Gasteiger partial charge on any atom is -0.444 e. The van der Waals surface area contributed by atoms with Crippen LogP contribution in [-0.4, -0.2) is 77.3 Å². The maximum absolute atomic E-state index is 15.1. The van der Waals surface area contributed by atoms with Crippen LogP contribution in [0.3, 0.4) is 0 Å². The number of alkyl halides is 3. The van der Waals surface area contributed by atoms with E-state index in [2.05, 4.69) is 9.89 Å². The van der Waals surface area contributed by atoms with Gasteiger partial charge in [0.1, 0.15) is 22.8 Å². The highest BCUT2D eigenvalue weighted by Crippen LogP contribution is 2.35. The largest absolute Gasteiger partial charge is 0.444 e. The number of carbonyl (C=O) groups is 2. The molecule has 2 amide bonds. The minimum atomic E-state index is -4.37. The number of amides is 2. The highest BCUT2D eigenvalue weighted by Gasteiger charge is 2.32. The summed E-state index contributed by atoms with van der Waals surface area (Å²) in [5.41, 5.74) is 2.31. The van der Waals surface area contributed by atoms with Gasteiger partial charge < -0.3 is 14.5 Å². The van der Waals surface area contributed by atoms with Crippen molar-refractivity contribution in [1.82, 2.24) is 14.7 Å². The molecule has 42 heavy (non-hydrogen) atoms. The summed E-state index contributed by atoms with van der Waals surface area (Å²) >= 11 is 0. The van der Waals surface area contributed by atoms with Crippen LogP contribution in [0.1, 0.15) is 49.4 Å². The minimum absolute atomic E-state index is 0.190. The number of halogens is 4. The van der Waals surface area contributed by atoms with Gasteiger partial charge in [-0.2, -0.15) is 13.2 Å². The van der Waals surface area contributed by atoms with Crippen molar-refractivity contribution in [2.75, 3.05) is 39.3 Å². The van der Waals surface area contributed by atoms with Crippen LogP contribution in [0.4, 0.5) is 28.0 Å². The van der Waals surface area contributed by atoms with E-state index in [1.165, 1.54) is 18.2 Å². The lowest BCUT2D eigenvalue weighted by Gasteiger charge is -2.34. The van der Waals surface area contributed by atoms with Crippen LogP contribution in [0, 0.1) is 5.82 Å². The van der Waals surface area contributed by atoms with Crippen LogP contribution in [0.2, 0.25) is 0 Å². The predicted octanol–water partition coefficient (Wildman–Crippen LogP) is 5.84. The molecular weight excluding hydrogens is 552 g/mol. The first kappa shape index (κ1) is 29.8. The van der Waals surface area contributed by atoms with E-state index in [0.717, 1.165) is 28.8 Å². The molecule has 224 valence electrons. The molecule has 1 fully saturated rings. The zero-order valence-corrected chi connectivity index (χ0v) is 23.9. The average Bonchev–Trinajstić information content (AvgIpc) is 3.37. The number of hydrogen-bond acceptors (Lipinski definition) is 5. The summed E-state index contributed by atoms with van der Waals surface area (Å²) < 4.78 is 59.0. The summed E-state index contributed by atoms with van der Waals surface area (Å²) in [5.74, 6) is -0.714. The van der Waals surface area contributed by atoms with Gasteiger partial charge in [0.15, 0.2) is 0 Å². The van der Waals surface area contributed by atoms with Crippen molar-refractivity contribution < 1.29 is 31.9 Å². The Balaban J connectivity index is 1.16. The van der Waals surface area contributed by atoms with E-state index < -0.39 is 23.2 Å². The van der Waals surface area contributed by atoms with E-state index in [1.54, 1.807) is 9.80 Å². The van der Waals surface area contributed by atoms with Gasteiger partial charge in [-0.05, 0) is 73.7 Å². The number of ether oxygens (including phenoxy) is 1. The van der Waals surface area contributed by atoms with E-state index in [0.29, 0.717) is 63.5 Å². The monoisotopic (exact) mass is 586 g/mol. The first-order chi connectivity index (χ1) is 19.8. The number of nitrogens with zero attached hydrogens (tertiary/aromatic N) is 4. The quantitative estimate of drug-likeness (QED) is 0.423. The molecule has 0 saturated carbocycles. The molecule has 2 aromatic carbocycles. The van der Waals surface area contributed by atoms with Crippen molar-refractivity contribution in [2.45, 2.75) is 51.9 Å². The van der Waals surface area contributed by atoms with Crippen molar-refractivity contribution in [3.63, 3.8) is 0 Å². The smallest absolute Gasteiger partial charge is 0.416 e. The van der Waals surface area contributed by atoms with Crippen molar-refractivity contribution >= 4 is 29.0 Å². The van der Waals surface area contributed by atoms with E-state index in [1.807, 2.05) is 32.9 Å². The van der Waals surface area contributed by atoms with Crippen molar-refractivity contribution in [2.24, 2.45) is 4.99 Å². The molecule has 1 saturated heterocycles. The van der Waals surface area contributed by atoms with E-state index in [9.17, 15) is 22.8 Å². The fraction of sp³-hybridized carbons (Fsp3) is 0.452. The molecule has 3 aliphatic rings. The normalized spacial score (nSPS) is 18.0. The van der Waals surface area contributed by atoms with Gasteiger partial charge in [0.05, 0.1) is 5.56 Å². The van der Waals surface area contributed by atoms with Crippen LogP contribution in [0.25, 0.3) is 5.57 Å². The molecule has 0 N–H and O–H groups in total. The number of aliphatic imine (C=N–C) groups is 1. The molecule has 0 aromatic heterocycles.